The third-order valence-electron chi connectivity index (χ3n) is 4.37. The summed E-state index contributed by atoms with van der Waals surface area (Å²) < 4.78 is 32.8. The number of likely N-dealkylation sites (N-methyl/N-ethyl adjacent to an activating group) is 1. The molecule has 0 aromatic heterocycles. The molecule has 0 fully saturated rings. The summed E-state index contributed by atoms with van der Waals surface area (Å²) in [4.78, 5) is 17.3. The molecule has 0 heterocycles. The van der Waals surface area contributed by atoms with E-state index in [2.05, 4.69) is 31.6 Å². The van der Waals surface area contributed by atoms with Crippen LogP contribution in [0.2, 0.25) is 0 Å². The summed E-state index contributed by atoms with van der Waals surface area (Å²) in [6, 6.07) is 3.26. The van der Waals surface area contributed by atoms with Gasteiger partial charge in [0.15, 0.2) is 6.29 Å². The molecule has 6 nitrogen and oxygen atoms in total. The fourth-order valence-electron chi connectivity index (χ4n) is 2.44. The quantitative estimate of drug-likeness (QED) is 0.121. The summed E-state index contributed by atoms with van der Waals surface area (Å²) in [7, 11) is 5.45. The van der Waals surface area contributed by atoms with Gasteiger partial charge in [-0.2, -0.15) is 0 Å². The monoisotopic (exact) mass is 498 g/mol. The van der Waals surface area contributed by atoms with Crippen LogP contribution >= 0.6 is 15.9 Å². The minimum atomic E-state index is -0.709. The summed E-state index contributed by atoms with van der Waals surface area (Å²) >= 11 is 3.17. The number of aldehydes is 1. The van der Waals surface area contributed by atoms with E-state index in [-0.39, 0.29) is 22.4 Å². The van der Waals surface area contributed by atoms with Crippen LogP contribution in [0.4, 0.5) is 8.78 Å². The maximum atomic E-state index is 13.9. The summed E-state index contributed by atoms with van der Waals surface area (Å²) in [5.41, 5.74) is 2.08. The number of benzene rings is 1. The van der Waals surface area contributed by atoms with E-state index in [1.54, 1.807) is 13.1 Å². The number of aliphatic imine (C=N–C) groups is 1. The van der Waals surface area contributed by atoms with Gasteiger partial charge in [0.25, 0.3) is 0 Å². The topological polar surface area (TPSA) is 66.0 Å². The van der Waals surface area contributed by atoms with E-state index < -0.39 is 11.6 Å². The molecular weight excluding hydrogens is 470 g/mol. The number of carbonyl (C=O) groups excluding carboxylic acids is 1. The van der Waals surface area contributed by atoms with Gasteiger partial charge in [0.05, 0.1) is 10.3 Å². The van der Waals surface area contributed by atoms with Gasteiger partial charge >= 0.3 is 0 Å². The number of allylic oxidation sites excluding steroid dienone is 3. The molecule has 0 aliphatic heterocycles. The molecule has 2 N–H and O–H groups in total. The van der Waals surface area contributed by atoms with Crippen molar-refractivity contribution in [2.75, 3.05) is 34.2 Å². The number of hydrogen-bond donors (Lipinski definition) is 2. The highest BCUT2D eigenvalue weighted by Crippen LogP contribution is 2.19. The van der Waals surface area contributed by atoms with Gasteiger partial charge in [-0.05, 0) is 53.7 Å². The average molecular weight is 499 g/mol. The Morgan fingerprint density at radius 3 is 2.61 bits per heavy atom. The Hall–Kier alpha value is -2.68. The number of rotatable bonds is 11. The lowest BCUT2D eigenvalue weighted by Crippen LogP contribution is -2.29. The second-order valence-electron chi connectivity index (χ2n) is 6.75. The van der Waals surface area contributed by atoms with Crippen molar-refractivity contribution in [3.05, 3.63) is 69.2 Å². The average Bonchev–Trinajstić information content (AvgIpc) is 2.74. The Morgan fingerprint density at radius 2 is 2.03 bits per heavy atom. The third kappa shape index (κ3) is 9.33. The highest BCUT2D eigenvalue weighted by molar-refractivity contribution is 9.12. The summed E-state index contributed by atoms with van der Waals surface area (Å²) in [5, 5.41) is 6.25. The number of nitrogens with one attached hydrogen (secondary N) is 2. The molecule has 0 radical (unpaired) electrons. The molecule has 0 aliphatic carbocycles. The second-order valence-corrected chi connectivity index (χ2v) is 7.60. The summed E-state index contributed by atoms with van der Waals surface area (Å²) in [6.45, 7) is 4.83. The Kier molecular flexibility index (Phi) is 11.6. The van der Waals surface area contributed by atoms with Crippen LogP contribution in [-0.2, 0) is 16.1 Å². The molecule has 0 saturated heterocycles. The third-order valence-corrected chi connectivity index (χ3v) is 4.95. The molecular formula is C22H29BrF2N4O2. The number of carbonyl (C=O) groups is 1. The zero-order chi connectivity index (χ0) is 23.4. The van der Waals surface area contributed by atoms with Gasteiger partial charge in [0.2, 0.25) is 0 Å². The number of hydrogen-bond acceptors (Lipinski definition) is 5. The fraction of sp³-hybridized carbons (Fsp3) is 0.364. The molecule has 9 heteroatoms. The van der Waals surface area contributed by atoms with Crippen LogP contribution in [0.1, 0.15) is 19.4 Å². The van der Waals surface area contributed by atoms with Crippen molar-refractivity contribution in [2.45, 2.75) is 20.5 Å². The molecule has 0 saturated carbocycles. The van der Waals surface area contributed by atoms with Crippen LogP contribution in [0.25, 0.3) is 0 Å². The van der Waals surface area contributed by atoms with E-state index in [1.807, 2.05) is 39.0 Å². The minimum absolute atomic E-state index is 0.150. The predicted molar refractivity (Wildman–Crippen MR) is 124 cm³/mol. The molecule has 0 unspecified atom stereocenters. The molecule has 1 aromatic rings. The molecule has 1 aromatic carbocycles. The highest BCUT2D eigenvalue weighted by atomic mass is 79.9. The van der Waals surface area contributed by atoms with Gasteiger partial charge in [-0.15, -0.1) is 0 Å². The first-order chi connectivity index (χ1) is 14.7. The Bertz CT molecular complexity index is 882. The van der Waals surface area contributed by atoms with E-state index in [9.17, 15) is 13.6 Å². The van der Waals surface area contributed by atoms with Crippen LogP contribution in [0.3, 0.4) is 0 Å². The Balaban J connectivity index is 2.94. The summed E-state index contributed by atoms with van der Waals surface area (Å²) in [5.74, 6) is -0.295. The van der Waals surface area contributed by atoms with Crippen LogP contribution in [-0.4, -0.2) is 51.3 Å². The molecule has 1 rings (SSSR count). The molecule has 31 heavy (non-hydrogen) atoms. The van der Waals surface area contributed by atoms with Gasteiger partial charge in [-0.3, -0.25) is 9.79 Å². The largest absolute Gasteiger partial charge is 0.487 e. The van der Waals surface area contributed by atoms with E-state index in [4.69, 9.17) is 4.74 Å². The molecule has 170 valence electrons. The Labute approximate surface area is 190 Å². The van der Waals surface area contributed by atoms with Crippen LogP contribution < -0.4 is 10.6 Å². The van der Waals surface area contributed by atoms with Crippen molar-refractivity contribution < 1.29 is 18.3 Å². The standard InChI is InChI=1S/C22H29BrF2N4O2/c1-15(29(5)12-17(10-26-3)11-28-16(2)27-4)8-22(20(23)13-30)31-14-18-6-7-19(24)9-21(18)25/h6-10,13,26H,11-12,14H2,1-5H3,(H,27,28)/b15-8?,17-10-,22-20-. The number of amidine groups is 1. The van der Waals surface area contributed by atoms with Crippen molar-refractivity contribution in [2.24, 2.45) is 4.99 Å². The molecule has 0 amide bonds. The van der Waals surface area contributed by atoms with Crippen molar-refractivity contribution in [1.29, 1.82) is 0 Å². The predicted octanol–water partition coefficient (Wildman–Crippen LogP) is 3.86. The smallest absolute Gasteiger partial charge is 0.160 e. The first-order valence-corrected chi connectivity index (χ1v) is 10.3. The van der Waals surface area contributed by atoms with Crippen molar-refractivity contribution in [1.82, 2.24) is 15.5 Å². The van der Waals surface area contributed by atoms with Gasteiger partial charge < -0.3 is 20.3 Å². The van der Waals surface area contributed by atoms with Crippen LogP contribution in [0.15, 0.2) is 57.0 Å². The van der Waals surface area contributed by atoms with Gasteiger partial charge in [-0.1, -0.05) is 0 Å². The number of ether oxygens (including phenoxy) is 1. The van der Waals surface area contributed by atoms with Crippen LogP contribution in [0.5, 0.6) is 0 Å². The lowest BCUT2D eigenvalue weighted by Gasteiger charge is -2.23. The SMILES string of the molecule is CN=C(C)NC/C(=C/NC)CN(C)C(C)=C/C(OCc1ccc(F)cc1F)=C(/Br)C=O. The van der Waals surface area contributed by atoms with Crippen LogP contribution in [0, 0.1) is 11.6 Å². The molecule has 0 atom stereocenters. The van der Waals surface area contributed by atoms with Gasteiger partial charge in [0.1, 0.15) is 24.0 Å². The maximum absolute atomic E-state index is 13.9. The highest BCUT2D eigenvalue weighted by Gasteiger charge is 2.10. The number of nitrogens with zero attached hydrogens (tertiary/aromatic N) is 2. The Morgan fingerprint density at radius 1 is 1.32 bits per heavy atom. The van der Waals surface area contributed by atoms with E-state index in [1.165, 1.54) is 6.07 Å². The molecule has 0 spiro atoms. The van der Waals surface area contributed by atoms with Crippen molar-refractivity contribution in [3.8, 4) is 0 Å². The van der Waals surface area contributed by atoms with E-state index in [0.717, 1.165) is 29.2 Å². The second kappa shape index (κ2) is 13.6. The van der Waals surface area contributed by atoms with Crippen molar-refractivity contribution in [3.63, 3.8) is 0 Å². The zero-order valence-electron chi connectivity index (χ0n) is 18.4. The van der Waals surface area contributed by atoms with E-state index >= 15 is 0 Å². The molecule has 0 bridgehead atoms. The molecule has 0 aliphatic rings. The van der Waals surface area contributed by atoms with Gasteiger partial charge in [-0.25, -0.2) is 8.78 Å². The lowest BCUT2D eigenvalue weighted by molar-refractivity contribution is -0.104. The van der Waals surface area contributed by atoms with E-state index in [0.29, 0.717) is 19.4 Å². The fourth-order valence-corrected chi connectivity index (χ4v) is 2.67. The van der Waals surface area contributed by atoms with Gasteiger partial charge in [0, 0.05) is 57.6 Å². The first-order valence-electron chi connectivity index (χ1n) is 9.55. The lowest BCUT2D eigenvalue weighted by atomic mass is 10.2. The van der Waals surface area contributed by atoms with Crippen molar-refractivity contribution >= 4 is 28.1 Å². The zero-order valence-corrected chi connectivity index (χ0v) is 20.0. The maximum Gasteiger partial charge on any atom is 0.160 e. The normalized spacial score (nSPS) is 13.5. The summed E-state index contributed by atoms with van der Waals surface area (Å²) in [6.07, 6.45) is 4.19. The minimum Gasteiger partial charge on any atom is -0.487 e. The number of halogens is 3. The first kappa shape index (κ1) is 26.4.